The standard InChI is InChI=1S/C13H15N3OS/c17-13-6-12(15-11-2-1-3-11)7-14-16(13)8-10-4-5-18-9-10/h4-7,9,11,15H,1-3,8H2. The minimum Gasteiger partial charge on any atom is -0.381 e. The molecule has 1 fully saturated rings. The monoisotopic (exact) mass is 261 g/mol. The Labute approximate surface area is 109 Å². The first-order chi connectivity index (χ1) is 8.81. The number of aromatic nitrogens is 2. The lowest BCUT2D eigenvalue weighted by atomic mass is 9.93. The smallest absolute Gasteiger partial charge is 0.269 e. The van der Waals surface area contributed by atoms with Crippen molar-refractivity contribution >= 4 is 17.0 Å². The molecule has 1 N–H and O–H groups in total. The van der Waals surface area contributed by atoms with Gasteiger partial charge in [0.05, 0.1) is 18.4 Å². The van der Waals surface area contributed by atoms with E-state index in [0.29, 0.717) is 12.6 Å². The van der Waals surface area contributed by atoms with Crippen LogP contribution in [0.4, 0.5) is 5.69 Å². The van der Waals surface area contributed by atoms with Crippen LogP contribution in [0.15, 0.2) is 33.9 Å². The molecule has 0 amide bonds. The van der Waals surface area contributed by atoms with Crippen LogP contribution in [-0.4, -0.2) is 15.8 Å². The lowest BCUT2D eigenvalue weighted by Crippen LogP contribution is -2.29. The molecule has 1 aliphatic rings. The van der Waals surface area contributed by atoms with E-state index >= 15 is 0 Å². The van der Waals surface area contributed by atoms with Crippen molar-refractivity contribution in [2.75, 3.05) is 5.32 Å². The highest BCUT2D eigenvalue weighted by atomic mass is 32.1. The van der Waals surface area contributed by atoms with Crippen LogP contribution in [-0.2, 0) is 6.54 Å². The number of thiophene rings is 1. The van der Waals surface area contributed by atoms with Crippen LogP contribution in [0.1, 0.15) is 24.8 Å². The molecule has 0 spiro atoms. The minimum absolute atomic E-state index is 0.0504. The third kappa shape index (κ3) is 2.46. The molecule has 94 valence electrons. The van der Waals surface area contributed by atoms with Crippen LogP contribution in [0.3, 0.4) is 0 Å². The Morgan fingerprint density at radius 1 is 1.50 bits per heavy atom. The van der Waals surface area contributed by atoms with Crippen molar-refractivity contribution in [3.8, 4) is 0 Å². The largest absolute Gasteiger partial charge is 0.381 e. The Morgan fingerprint density at radius 3 is 3.00 bits per heavy atom. The predicted octanol–water partition coefficient (Wildman–Crippen LogP) is 2.32. The van der Waals surface area contributed by atoms with Gasteiger partial charge in [-0.15, -0.1) is 0 Å². The van der Waals surface area contributed by atoms with E-state index in [9.17, 15) is 4.79 Å². The van der Waals surface area contributed by atoms with E-state index in [1.807, 2.05) is 16.8 Å². The summed E-state index contributed by atoms with van der Waals surface area (Å²) >= 11 is 1.63. The zero-order valence-corrected chi connectivity index (χ0v) is 10.8. The second-order valence-electron chi connectivity index (χ2n) is 4.64. The van der Waals surface area contributed by atoms with E-state index < -0.39 is 0 Å². The zero-order chi connectivity index (χ0) is 12.4. The Hall–Kier alpha value is -1.62. The second-order valence-corrected chi connectivity index (χ2v) is 5.42. The van der Waals surface area contributed by atoms with Crippen LogP contribution in [0.5, 0.6) is 0 Å². The predicted molar refractivity (Wildman–Crippen MR) is 73.2 cm³/mol. The van der Waals surface area contributed by atoms with Crippen LogP contribution in [0, 0.1) is 0 Å². The Kier molecular flexibility index (Phi) is 3.15. The highest BCUT2D eigenvalue weighted by molar-refractivity contribution is 7.07. The van der Waals surface area contributed by atoms with Crippen molar-refractivity contribution in [1.82, 2.24) is 9.78 Å². The summed E-state index contributed by atoms with van der Waals surface area (Å²) in [5, 5.41) is 11.6. The van der Waals surface area contributed by atoms with E-state index in [0.717, 1.165) is 11.3 Å². The summed E-state index contributed by atoms with van der Waals surface area (Å²) in [6, 6.07) is 4.18. The summed E-state index contributed by atoms with van der Waals surface area (Å²) < 4.78 is 1.49. The third-order valence-corrected chi connectivity index (χ3v) is 3.99. The molecule has 2 aromatic heterocycles. The van der Waals surface area contributed by atoms with E-state index in [-0.39, 0.29) is 5.56 Å². The van der Waals surface area contributed by atoms with Gasteiger partial charge in [-0.05, 0) is 41.7 Å². The van der Waals surface area contributed by atoms with Gasteiger partial charge < -0.3 is 5.32 Å². The number of anilines is 1. The summed E-state index contributed by atoms with van der Waals surface area (Å²) in [5.41, 5.74) is 1.91. The summed E-state index contributed by atoms with van der Waals surface area (Å²) in [6.45, 7) is 0.548. The minimum atomic E-state index is -0.0504. The normalized spacial score (nSPS) is 15.3. The van der Waals surface area contributed by atoms with Gasteiger partial charge >= 0.3 is 0 Å². The zero-order valence-electron chi connectivity index (χ0n) is 10.0. The van der Waals surface area contributed by atoms with Crippen molar-refractivity contribution in [2.24, 2.45) is 0 Å². The molecule has 0 atom stereocenters. The summed E-state index contributed by atoms with van der Waals surface area (Å²) in [4.78, 5) is 11.9. The van der Waals surface area contributed by atoms with Gasteiger partial charge in [-0.3, -0.25) is 4.79 Å². The molecule has 0 aromatic carbocycles. The molecule has 2 aromatic rings. The maximum absolute atomic E-state index is 11.9. The molecule has 0 bridgehead atoms. The summed E-state index contributed by atoms with van der Waals surface area (Å²) in [6.07, 6.45) is 5.41. The first kappa shape index (κ1) is 11.5. The van der Waals surface area contributed by atoms with Gasteiger partial charge in [-0.1, -0.05) is 0 Å². The van der Waals surface area contributed by atoms with Crippen molar-refractivity contribution in [1.29, 1.82) is 0 Å². The Bertz CT molecular complexity index is 572. The van der Waals surface area contributed by atoms with Crippen LogP contribution in [0.25, 0.3) is 0 Å². The Balaban J connectivity index is 1.74. The first-order valence-corrected chi connectivity index (χ1v) is 7.10. The fourth-order valence-corrected chi connectivity index (χ4v) is 2.63. The van der Waals surface area contributed by atoms with E-state index in [4.69, 9.17) is 0 Å². The van der Waals surface area contributed by atoms with Gasteiger partial charge in [-0.2, -0.15) is 16.4 Å². The van der Waals surface area contributed by atoms with Crippen molar-refractivity contribution in [2.45, 2.75) is 31.8 Å². The van der Waals surface area contributed by atoms with Crippen molar-refractivity contribution in [3.63, 3.8) is 0 Å². The molecule has 0 unspecified atom stereocenters. The quantitative estimate of drug-likeness (QED) is 0.918. The third-order valence-electron chi connectivity index (χ3n) is 3.26. The molecule has 2 heterocycles. The fraction of sp³-hybridized carbons (Fsp3) is 0.385. The van der Waals surface area contributed by atoms with Gasteiger partial charge in [-0.25, -0.2) is 4.68 Å². The SMILES string of the molecule is O=c1cc(NC2CCC2)cnn1Cc1ccsc1. The molecule has 18 heavy (non-hydrogen) atoms. The number of hydrogen-bond acceptors (Lipinski definition) is 4. The lowest BCUT2D eigenvalue weighted by molar-refractivity contribution is 0.445. The van der Waals surface area contributed by atoms with Gasteiger partial charge in [0.25, 0.3) is 5.56 Å². The fourth-order valence-electron chi connectivity index (χ4n) is 1.98. The maximum Gasteiger partial charge on any atom is 0.269 e. The molecule has 5 heteroatoms. The van der Waals surface area contributed by atoms with E-state index in [1.165, 1.54) is 23.9 Å². The van der Waals surface area contributed by atoms with Gasteiger partial charge in [0.15, 0.2) is 0 Å². The summed E-state index contributed by atoms with van der Waals surface area (Å²) in [5.74, 6) is 0. The van der Waals surface area contributed by atoms with E-state index in [2.05, 4.69) is 10.4 Å². The van der Waals surface area contributed by atoms with Crippen LogP contribution >= 0.6 is 11.3 Å². The molecule has 0 radical (unpaired) electrons. The lowest BCUT2D eigenvalue weighted by Gasteiger charge is -2.27. The number of nitrogens with zero attached hydrogens (tertiary/aromatic N) is 2. The molecular formula is C13H15N3OS. The van der Waals surface area contributed by atoms with Crippen LogP contribution in [0.2, 0.25) is 0 Å². The molecule has 0 saturated heterocycles. The van der Waals surface area contributed by atoms with Crippen LogP contribution < -0.4 is 10.9 Å². The number of hydrogen-bond donors (Lipinski definition) is 1. The molecule has 1 saturated carbocycles. The van der Waals surface area contributed by atoms with Gasteiger partial charge in [0, 0.05) is 12.1 Å². The molecular weight excluding hydrogens is 246 g/mol. The first-order valence-electron chi connectivity index (χ1n) is 6.16. The second kappa shape index (κ2) is 4.94. The maximum atomic E-state index is 11.9. The highest BCUT2D eigenvalue weighted by Crippen LogP contribution is 2.22. The molecule has 1 aliphatic carbocycles. The average Bonchev–Trinajstić information content (AvgIpc) is 2.80. The molecule has 3 rings (SSSR count). The Morgan fingerprint density at radius 2 is 2.39 bits per heavy atom. The van der Waals surface area contributed by atoms with E-state index in [1.54, 1.807) is 23.6 Å². The van der Waals surface area contributed by atoms with Gasteiger partial charge in [0.1, 0.15) is 0 Å². The molecule has 4 nitrogen and oxygen atoms in total. The topological polar surface area (TPSA) is 46.9 Å². The van der Waals surface area contributed by atoms with Gasteiger partial charge in [0.2, 0.25) is 0 Å². The number of rotatable bonds is 4. The van der Waals surface area contributed by atoms with Crippen molar-refractivity contribution < 1.29 is 0 Å². The highest BCUT2D eigenvalue weighted by Gasteiger charge is 2.17. The average molecular weight is 261 g/mol. The van der Waals surface area contributed by atoms with Crippen molar-refractivity contribution in [3.05, 3.63) is 45.0 Å². The summed E-state index contributed by atoms with van der Waals surface area (Å²) in [7, 11) is 0. The molecule has 0 aliphatic heterocycles. The number of nitrogens with one attached hydrogen (secondary N) is 1.